The highest BCUT2D eigenvalue weighted by atomic mass is 32.2. The van der Waals surface area contributed by atoms with Crippen LogP contribution in [0.4, 0.5) is 0 Å². The molecule has 1 aromatic heterocycles. The van der Waals surface area contributed by atoms with Crippen LogP contribution in [-0.4, -0.2) is 47.1 Å². The van der Waals surface area contributed by atoms with E-state index >= 15 is 0 Å². The normalized spacial score (nSPS) is 12.5. The van der Waals surface area contributed by atoms with Crippen LogP contribution in [0.5, 0.6) is 0 Å². The first-order valence-electron chi connectivity index (χ1n) is 9.72. The van der Waals surface area contributed by atoms with Crippen molar-refractivity contribution in [2.75, 3.05) is 13.1 Å². The van der Waals surface area contributed by atoms with Gasteiger partial charge in [-0.3, -0.25) is 4.79 Å². The highest BCUT2D eigenvalue weighted by Gasteiger charge is 2.20. The van der Waals surface area contributed by atoms with Gasteiger partial charge in [0.2, 0.25) is 10.0 Å². The van der Waals surface area contributed by atoms with Gasteiger partial charge in [-0.15, -0.1) is 0 Å². The highest BCUT2D eigenvalue weighted by Crippen LogP contribution is 2.19. The minimum atomic E-state index is -3.74. The standard InChI is InChI=1S/C21H25N5O3S/c1-4-25(5-2)21(27)18-8-12-20(13-9-18)30(28,29)24-16(3)17-6-10-19(11-7-17)26-15-22-14-23-26/h6-16,24H,4-5H2,1-3H3. The Balaban J connectivity index is 1.72. The highest BCUT2D eigenvalue weighted by molar-refractivity contribution is 7.89. The van der Waals surface area contributed by atoms with Crippen molar-refractivity contribution in [3.63, 3.8) is 0 Å². The first-order valence-corrected chi connectivity index (χ1v) is 11.2. The molecule has 0 aliphatic heterocycles. The molecule has 3 rings (SSSR count). The molecule has 0 spiro atoms. The molecule has 1 amide bonds. The Morgan fingerprint density at radius 2 is 1.70 bits per heavy atom. The number of carbonyl (C=O) groups is 1. The van der Waals surface area contributed by atoms with Crippen LogP contribution in [-0.2, 0) is 10.0 Å². The molecule has 1 atom stereocenters. The molecule has 2 aromatic carbocycles. The van der Waals surface area contributed by atoms with Crippen LogP contribution in [0.3, 0.4) is 0 Å². The summed E-state index contributed by atoms with van der Waals surface area (Å²) in [5.74, 6) is -0.113. The second-order valence-electron chi connectivity index (χ2n) is 6.78. The van der Waals surface area contributed by atoms with Gasteiger partial charge in [-0.05, 0) is 62.7 Å². The lowest BCUT2D eigenvalue weighted by Crippen LogP contribution is -2.30. The quantitative estimate of drug-likeness (QED) is 0.596. The van der Waals surface area contributed by atoms with E-state index in [1.807, 2.05) is 38.1 Å². The monoisotopic (exact) mass is 427 g/mol. The average molecular weight is 428 g/mol. The summed E-state index contributed by atoms with van der Waals surface area (Å²) in [6.45, 7) is 6.79. The molecule has 0 fully saturated rings. The summed E-state index contributed by atoms with van der Waals surface area (Å²) < 4.78 is 29.8. The van der Waals surface area contributed by atoms with E-state index in [4.69, 9.17) is 0 Å². The van der Waals surface area contributed by atoms with E-state index in [9.17, 15) is 13.2 Å². The predicted octanol–water partition coefficient (Wildman–Crippen LogP) is 2.79. The summed E-state index contributed by atoms with van der Waals surface area (Å²) in [5, 5.41) is 4.07. The van der Waals surface area contributed by atoms with Crippen LogP contribution in [0.25, 0.3) is 5.69 Å². The second kappa shape index (κ2) is 9.19. The Bertz CT molecular complexity index is 1070. The van der Waals surface area contributed by atoms with Crippen LogP contribution in [0.2, 0.25) is 0 Å². The molecule has 9 heteroatoms. The molecule has 1 heterocycles. The Morgan fingerprint density at radius 1 is 1.07 bits per heavy atom. The van der Waals surface area contributed by atoms with Gasteiger partial charge in [0.15, 0.2) is 0 Å². The smallest absolute Gasteiger partial charge is 0.253 e. The van der Waals surface area contributed by atoms with E-state index in [2.05, 4.69) is 14.8 Å². The van der Waals surface area contributed by atoms with Crippen molar-refractivity contribution in [3.8, 4) is 5.69 Å². The van der Waals surface area contributed by atoms with Gasteiger partial charge in [-0.1, -0.05) is 12.1 Å². The van der Waals surface area contributed by atoms with Crippen LogP contribution in [0.15, 0.2) is 66.1 Å². The maximum Gasteiger partial charge on any atom is 0.253 e. The van der Waals surface area contributed by atoms with Gasteiger partial charge in [0.25, 0.3) is 5.91 Å². The van der Waals surface area contributed by atoms with Gasteiger partial charge < -0.3 is 4.90 Å². The van der Waals surface area contributed by atoms with Crippen molar-refractivity contribution in [2.24, 2.45) is 0 Å². The number of hydrogen-bond donors (Lipinski definition) is 1. The summed E-state index contributed by atoms with van der Waals surface area (Å²) in [5.41, 5.74) is 2.12. The minimum absolute atomic E-state index is 0.113. The van der Waals surface area contributed by atoms with Crippen molar-refractivity contribution in [2.45, 2.75) is 31.7 Å². The molecule has 158 valence electrons. The van der Waals surface area contributed by atoms with E-state index < -0.39 is 16.1 Å². The third kappa shape index (κ3) is 4.74. The largest absolute Gasteiger partial charge is 0.339 e. The minimum Gasteiger partial charge on any atom is -0.339 e. The molecular weight excluding hydrogens is 402 g/mol. The van der Waals surface area contributed by atoms with Crippen LogP contribution in [0.1, 0.15) is 42.7 Å². The van der Waals surface area contributed by atoms with E-state index in [0.29, 0.717) is 18.7 Å². The third-order valence-corrected chi connectivity index (χ3v) is 6.43. The van der Waals surface area contributed by atoms with Gasteiger partial charge >= 0.3 is 0 Å². The number of aromatic nitrogens is 3. The van der Waals surface area contributed by atoms with Gasteiger partial charge in [-0.2, -0.15) is 5.10 Å². The van der Waals surface area contributed by atoms with E-state index in [-0.39, 0.29) is 10.8 Å². The second-order valence-corrected chi connectivity index (χ2v) is 8.49. The number of sulfonamides is 1. The zero-order chi connectivity index (χ0) is 21.7. The zero-order valence-corrected chi connectivity index (χ0v) is 18.0. The third-order valence-electron chi connectivity index (χ3n) is 4.87. The first-order chi connectivity index (χ1) is 14.4. The molecule has 0 aliphatic carbocycles. The van der Waals surface area contributed by atoms with Gasteiger partial charge in [0.1, 0.15) is 12.7 Å². The van der Waals surface area contributed by atoms with Crippen molar-refractivity contribution in [1.82, 2.24) is 24.4 Å². The first kappa shape index (κ1) is 21.7. The van der Waals surface area contributed by atoms with E-state index in [1.54, 1.807) is 35.0 Å². The van der Waals surface area contributed by atoms with Crippen LogP contribution >= 0.6 is 0 Å². The number of nitrogens with zero attached hydrogens (tertiary/aromatic N) is 4. The lowest BCUT2D eigenvalue weighted by molar-refractivity contribution is 0.0773. The fourth-order valence-corrected chi connectivity index (χ4v) is 4.33. The molecule has 0 aliphatic rings. The Hall–Kier alpha value is -3.04. The number of amides is 1. The Kier molecular flexibility index (Phi) is 6.63. The zero-order valence-electron chi connectivity index (χ0n) is 17.2. The van der Waals surface area contributed by atoms with Crippen LogP contribution in [0, 0.1) is 0 Å². The fraction of sp³-hybridized carbons (Fsp3) is 0.286. The summed E-state index contributed by atoms with van der Waals surface area (Å²) in [7, 11) is -3.74. The predicted molar refractivity (Wildman–Crippen MR) is 114 cm³/mol. The van der Waals surface area contributed by atoms with Gasteiger partial charge in [-0.25, -0.2) is 22.8 Å². The number of benzene rings is 2. The van der Waals surface area contributed by atoms with Gasteiger partial charge in [0, 0.05) is 24.7 Å². The molecule has 0 radical (unpaired) electrons. The molecule has 0 bridgehead atoms. The number of rotatable bonds is 8. The van der Waals surface area contributed by atoms with E-state index in [0.717, 1.165) is 11.3 Å². The Labute approximate surface area is 176 Å². The molecule has 1 N–H and O–H groups in total. The molecule has 3 aromatic rings. The van der Waals surface area contributed by atoms with E-state index in [1.165, 1.54) is 18.5 Å². The molecule has 1 unspecified atom stereocenters. The number of nitrogens with one attached hydrogen (secondary N) is 1. The van der Waals surface area contributed by atoms with Crippen LogP contribution < -0.4 is 4.72 Å². The molecule has 8 nitrogen and oxygen atoms in total. The van der Waals surface area contributed by atoms with Crippen molar-refractivity contribution in [1.29, 1.82) is 0 Å². The summed E-state index contributed by atoms with van der Waals surface area (Å²) in [4.78, 5) is 18.1. The molecular formula is C21H25N5O3S. The number of carbonyl (C=O) groups excluding carboxylic acids is 1. The maximum absolute atomic E-state index is 12.8. The van der Waals surface area contributed by atoms with Crippen molar-refractivity contribution in [3.05, 3.63) is 72.3 Å². The molecule has 30 heavy (non-hydrogen) atoms. The Morgan fingerprint density at radius 3 is 2.23 bits per heavy atom. The summed E-state index contributed by atoms with van der Waals surface area (Å²) >= 11 is 0. The fourth-order valence-electron chi connectivity index (χ4n) is 3.10. The molecule has 0 saturated carbocycles. The maximum atomic E-state index is 12.8. The lowest BCUT2D eigenvalue weighted by atomic mass is 10.1. The summed E-state index contributed by atoms with van der Waals surface area (Å²) in [6.07, 6.45) is 3.04. The average Bonchev–Trinajstić information content (AvgIpc) is 3.29. The van der Waals surface area contributed by atoms with Crippen molar-refractivity contribution >= 4 is 15.9 Å². The number of hydrogen-bond acceptors (Lipinski definition) is 5. The topological polar surface area (TPSA) is 97.2 Å². The molecule has 0 saturated heterocycles. The van der Waals surface area contributed by atoms with Gasteiger partial charge in [0.05, 0.1) is 10.6 Å². The van der Waals surface area contributed by atoms with Crippen molar-refractivity contribution < 1.29 is 13.2 Å². The summed E-state index contributed by atoms with van der Waals surface area (Å²) in [6, 6.07) is 13.0. The SMILES string of the molecule is CCN(CC)C(=O)c1ccc(S(=O)(=O)NC(C)c2ccc(-n3cncn3)cc2)cc1. The lowest BCUT2D eigenvalue weighted by Gasteiger charge is -2.19.